The zero-order valence-corrected chi connectivity index (χ0v) is 21.3. The lowest BCUT2D eigenvalue weighted by atomic mass is 10.0. The third kappa shape index (κ3) is 7.44. The molecular weight excluding hydrogens is 564 g/mol. The van der Waals surface area contributed by atoms with Crippen LogP contribution in [0.25, 0.3) is 22.4 Å². The molecule has 4 rings (SSSR count). The van der Waals surface area contributed by atoms with Crippen molar-refractivity contribution in [3.8, 4) is 39.6 Å². The molecule has 4 aromatic rings. The Bertz CT molecular complexity index is 1480. The number of carboxylic acid groups (broad SMARTS) is 1. The number of ether oxygens (including phenoxy) is 3. The highest BCUT2D eigenvalue weighted by Gasteiger charge is 2.31. The molecular formula is C27H19F6NO5S. The number of alkyl halides is 6. The molecule has 1 heterocycles. The molecule has 0 aliphatic carbocycles. The van der Waals surface area contributed by atoms with Gasteiger partial charge < -0.3 is 19.3 Å². The predicted octanol–water partition coefficient (Wildman–Crippen LogP) is 7.75. The second kappa shape index (κ2) is 11.5. The lowest BCUT2D eigenvalue weighted by Crippen LogP contribution is -2.16. The summed E-state index contributed by atoms with van der Waals surface area (Å²) in [5.41, 5.74) is 1.58. The average molecular weight is 584 g/mol. The summed E-state index contributed by atoms with van der Waals surface area (Å²) in [6.07, 6.45) is -9.31. The Labute approximate surface area is 227 Å². The van der Waals surface area contributed by atoms with Gasteiger partial charge in [0.15, 0.2) is 6.61 Å². The Hall–Kier alpha value is -4.26. The Morgan fingerprint density at radius 3 is 2.15 bits per heavy atom. The highest BCUT2D eigenvalue weighted by Crippen LogP contribution is 2.38. The van der Waals surface area contributed by atoms with Crippen LogP contribution in [0.5, 0.6) is 17.2 Å². The minimum atomic E-state index is -4.86. The predicted molar refractivity (Wildman–Crippen MR) is 133 cm³/mol. The van der Waals surface area contributed by atoms with Gasteiger partial charge in [-0.1, -0.05) is 24.3 Å². The van der Waals surface area contributed by atoms with E-state index in [1.807, 2.05) is 0 Å². The summed E-state index contributed by atoms with van der Waals surface area (Å²) in [5.74, 6) is -1.07. The van der Waals surface area contributed by atoms with Gasteiger partial charge in [0.1, 0.15) is 28.9 Å². The van der Waals surface area contributed by atoms with Gasteiger partial charge in [0, 0.05) is 16.5 Å². The number of benzene rings is 3. The van der Waals surface area contributed by atoms with Crippen LogP contribution in [0.4, 0.5) is 26.3 Å². The summed E-state index contributed by atoms with van der Waals surface area (Å²) >= 11 is 1.23. The van der Waals surface area contributed by atoms with Gasteiger partial charge >= 0.3 is 18.5 Å². The number of aliphatic carboxylic acids is 1. The van der Waals surface area contributed by atoms with Crippen molar-refractivity contribution in [3.63, 3.8) is 0 Å². The second-order valence-corrected chi connectivity index (χ2v) is 9.30. The molecule has 0 atom stereocenters. The van der Waals surface area contributed by atoms with E-state index in [0.29, 0.717) is 38.7 Å². The van der Waals surface area contributed by atoms with Crippen LogP contribution in [0.2, 0.25) is 0 Å². The molecule has 1 aromatic heterocycles. The van der Waals surface area contributed by atoms with Crippen molar-refractivity contribution < 1.29 is 50.5 Å². The van der Waals surface area contributed by atoms with Gasteiger partial charge in [-0.05, 0) is 54.4 Å². The van der Waals surface area contributed by atoms with E-state index in [9.17, 15) is 31.1 Å². The largest absolute Gasteiger partial charge is 0.573 e. The number of hydrogen-bond acceptors (Lipinski definition) is 6. The number of carbonyl (C=O) groups is 1. The fourth-order valence-electron chi connectivity index (χ4n) is 3.62. The Kier molecular flexibility index (Phi) is 8.24. The number of rotatable bonds is 9. The Balaban J connectivity index is 1.58. The summed E-state index contributed by atoms with van der Waals surface area (Å²) in [7, 11) is 0. The maximum atomic E-state index is 12.8. The monoisotopic (exact) mass is 583 g/mol. The first kappa shape index (κ1) is 28.7. The van der Waals surface area contributed by atoms with Crippen molar-refractivity contribution in [3.05, 3.63) is 82.2 Å². The summed E-state index contributed by atoms with van der Waals surface area (Å²) in [4.78, 5) is 15.4. The molecule has 40 heavy (non-hydrogen) atoms. The van der Waals surface area contributed by atoms with Crippen LogP contribution in [0, 0.1) is 6.92 Å². The zero-order chi connectivity index (χ0) is 29.1. The van der Waals surface area contributed by atoms with E-state index < -0.39 is 36.4 Å². The molecule has 0 amide bonds. The first-order valence-electron chi connectivity index (χ1n) is 11.4. The zero-order valence-electron chi connectivity index (χ0n) is 20.5. The molecule has 0 aliphatic rings. The summed E-state index contributed by atoms with van der Waals surface area (Å²) in [6, 6.07) is 12.7. The molecule has 13 heteroatoms. The molecule has 0 fully saturated rings. The quantitative estimate of drug-likeness (QED) is 0.203. The normalized spacial score (nSPS) is 11.8. The average Bonchev–Trinajstić information content (AvgIpc) is 3.35. The minimum absolute atomic E-state index is 0.0255. The third-order valence-corrected chi connectivity index (χ3v) is 6.26. The van der Waals surface area contributed by atoms with Crippen LogP contribution < -0.4 is 14.2 Å². The number of hydrogen-bond donors (Lipinski definition) is 1. The molecule has 0 unspecified atom stereocenters. The fourth-order valence-corrected chi connectivity index (χ4v) is 4.33. The molecule has 0 radical (unpaired) electrons. The molecule has 210 valence electrons. The molecule has 0 bridgehead atoms. The van der Waals surface area contributed by atoms with Crippen LogP contribution in [0.15, 0.2) is 66.0 Å². The van der Waals surface area contributed by atoms with Gasteiger partial charge in [-0.3, -0.25) is 0 Å². The van der Waals surface area contributed by atoms with Crippen LogP contribution >= 0.6 is 11.3 Å². The molecule has 0 aliphatic heterocycles. The maximum Gasteiger partial charge on any atom is 0.573 e. The van der Waals surface area contributed by atoms with Crippen LogP contribution in [0.1, 0.15) is 16.1 Å². The molecule has 3 aromatic carbocycles. The first-order valence-corrected chi connectivity index (χ1v) is 12.3. The highest BCUT2D eigenvalue weighted by atomic mass is 32.1. The van der Waals surface area contributed by atoms with Gasteiger partial charge in [-0.2, -0.15) is 13.2 Å². The maximum absolute atomic E-state index is 12.8. The standard InChI is InChI=1S/C27H19F6NO5S/c1-15-10-23(37-12-24-34-21(14-40-24)17-2-6-18(7-3-17)26(28,29)30)20(11-22(15)38-13-25(35)36)16-4-8-19(9-5-16)39-27(31,32)33/h2-11,14H,12-13H2,1H3,(H,35,36). The van der Waals surface area contributed by atoms with Gasteiger partial charge in [0.2, 0.25) is 0 Å². The third-order valence-electron chi connectivity index (χ3n) is 5.44. The molecule has 6 nitrogen and oxygen atoms in total. The number of carboxylic acids is 1. The van der Waals surface area contributed by atoms with Crippen molar-refractivity contribution >= 4 is 17.3 Å². The van der Waals surface area contributed by atoms with Crippen molar-refractivity contribution in [2.24, 2.45) is 0 Å². The summed E-state index contributed by atoms with van der Waals surface area (Å²) < 4.78 is 91.4. The molecule has 0 saturated heterocycles. The van der Waals surface area contributed by atoms with Crippen molar-refractivity contribution in [1.29, 1.82) is 0 Å². The molecule has 0 spiro atoms. The van der Waals surface area contributed by atoms with Crippen LogP contribution in [0.3, 0.4) is 0 Å². The van der Waals surface area contributed by atoms with E-state index in [1.165, 1.54) is 41.7 Å². The van der Waals surface area contributed by atoms with Crippen molar-refractivity contribution in [1.82, 2.24) is 4.98 Å². The Morgan fingerprint density at radius 1 is 0.900 bits per heavy atom. The minimum Gasteiger partial charge on any atom is -0.486 e. The number of aryl methyl sites for hydroxylation is 1. The Morgan fingerprint density at radius 2 is 1.55 bits per heavy atom. The van der Waals surface area contributed by atoms with Crippen molar-refractivity contribution in [2.75, 3.05) is 6.61 Å². The van der Waals surface area contributed by atoms with Crippen molar-refractivity contribution in [2.45, 2.75) is 26.1 Å². The SMILES string of the molecule is Cc1cc(OCc2nc(-c3ccc(C(F)(F)F)cc3)cs2)c(-c2ccc(OC(F)(F)F)cc2)cc1OCC(=O)O. The van der Waals surface area contributed by atoms with E-state index in [0.717, 1.165) is 24.3 Å². The van der Waals surface area contributed by atoms with E-state index in [1.54, 1.807) is 18.4 Å². The number of halogens is 6. The van der Waals surface area contributed by atoms with E-state index in [-0.39, 0.29) is 12.4 Å². The van der Waals surface area contributed by atoms with Gasteiger partial charge in [-0.25, -0.2) is 9.78 Å². The topological polar surface area (TPSA) is 77.9 Å². The lowest BCUT2D eigenvalue weighted by molar-refractivity contribution is -0.274. The van der Waals surface area contributed by atoms with Gasteiger partial charge in [-0.15, -0.1) is 24.5 Å². The van der Waals surface area contributed by atoms with Crippen LogP contribution in [-0.4, -0.2) is 29.0 Å². The lowest BCUT2D eigenvalue weighted by Gasteiger charge is -2.16. The van der Waals surface area contributed by atoms with E-state index >= 15 is 0 Å². The summed E-state index contributed by atoms with van der Waals surface area (Å²) in [5, 5.41) is 11.2. The van der Waals surface area contributed by atoms with E-state index in [2.05, 4.69) is 9.72 Å². The number of aromatic nitrogens is 1. The second-order valence-electron chi connectivity index (χ2n) is 8.36. The molecule has 1 N–H and O–H groups in total. The number of nitrogens with zero attached hydrogens (tertiary/aromatic N) is 1. The first-order chi connectivity index (χ1) is 18.8. The molecule has 0 saturated carbocycles. The fraction of sp³-hybridized carbons (Fsp3) is 0.185. The van der Waals surface area contributed by atoms with Gasteiger partial charge in [0.05, 0.1) is 11.3 Å². The van der Waals surface area contributed by atoms with E-state index in [4.69, 9.17) is 14.6 Å². The highest BCUT2D eigenvalue weighted by molar-refractivity contribution is 7.09. The van der Waals surface area contributed by atoms with Gasteiger partial charge in [0.25, 0.3) is 0 Å². The van der Waals surface area contributed by atoms with Crippen LogP contribution in [-0.2, 0) is 17.6 Å². The number of thiazole rings is 1. The summed E-state index contributed by atoms with van der Waals surface area (Å²) in [6.45, 7) is 1.03. The smallest absolute Gasteiger partial charge is 0.486 e.